The van der Waals surface area contributed by atoms with Crippen molar-refractivity contribution >= 4 is 22.3 Å². The number of hydrogen-bond acceptors (Lipinski definition) is 4. The number of fused-ring (bicyclic) bond motifs is 1. The molecule has 3 rings (SSSR count). The SMILES string of the molecule is Cc1cnc(N(C)C)c2cccc(NC3CCNCC3)c12. The van der Waals surface area contributed by atoms with E-state index < -0.39 is 0 Å². The highest BCUT2D eigenvalue weighted by molar-refractivity contribution is 6.02. The lowest BCUT2D eigenvalue weighted by molar-refractivity contribution is 0.479. The molecule has 1 fully saturated rings. The molecule has 4 nitrogen and oxygen atoms in total. The van der Waals surface area contributed by atoms with E-state index in [0.717, 1.165) is 18.9 Å². The van der Waals surface area contributed by atoms with Gasteiger partial charge in [0.25, 0.3) is 0 Å². The van der Waals surface area contributed by atoms with Gasteiger partial charge >= 0.3 is 0 Å². The third-order valence-corrected chi connectivity index (χ3v) is 4.20. The maximum atomic E-state index is 4.58. The fraction of sp³-hybridized carbons (Fsp3) is 0.471. The van der Waals surface area contributed by atoms with Crippen LogP contribution >= 0.6 is 0 Å². The van der Waals surface area contributed by atoms with E-state index in [1.165, 1.54) is 34.9 Å². The summed E-state index contributed by atoms with van der Waals surface area (Å²) in [6.07, 6.45) is 4.34. The number of aryl methyl sites for hydroxylation is 1. The molecule has 2 N–H and O–H groups in total. The van der Waals surface area contributed by atoms with Gasteiger partial charge in [-0.05, 0) is 44.5 Å². The van der Waals surface area contributed by atoms with Gasteiger partial charge in [0.1, 0.15) is 5.82 Å². The molecule has 0 unspecified atom stereocenters. The Labute approximate surface area is 126 Å². The molecule has 0 bridgehead atoms. The van der Waals surface area contributed by atoms with E-state index in [0.29, 0.717) is 6.04 Å². The second-order valence-corrected chi connectivity index (χ2v) is 6.06. The molecular formula is C17H24N4. The summed E-state index contributed by atoms with van der Waals surface area (Å²) >= 11 is 0. The molecule has 0 aliphatic carbocycles. The Hall–Kier alpha value is -1.81. The van der Waals surface area contributed by atoms with Crippen molar-refractivity contribution in [3.63, 3.8) is 0 Å². The Kier molecular flexibility index (Phi) is 3.97. The van der Waals surface area contributed by atoms with Crippen molar-refractivity contribution in [3.8, 4) is 0 Å². The van der Waals surface area contributed by atoms with Crippen LogP contribution < -0.4 is 15.5 Å². The largest absolute Gasteiger partial charge is 0.382 e. The maximum Gasteiger partial charge on any atom is 0.135 e. The fourth-order valence-corrected chi connectivity index (χ4v) is 3.12. The van der Waals surface area contributed by atoms with Gasteiger partial charge in [-0.25, -0.2) is 4.98 Å². The molecule has 4 heteroatoms. The van der Waals surface area contributed by atoms with Crippen LogP contribution in [0, 0.1) is 6.92 Å². The lowest BCUT2D eigenvalue weighted by Crippen LogP contribution is -2.35. The minimum absolute atomic E-state index is 0.562. The van der Waals surface area contributed by atoms with E-state index in [-0.39, 0.29) is 0 Å². The summed E-state index contributed by atoms with van der Waals surface area (Å²) in [4.78, 5) is 6.66. The van der Waals surface area contributed by atoms with Crippen molar-refractivity contribution in [1.82, 2.24) is 10.3 Å². The van der Waals surface area contributed by atoms with Crippen molar-refractivity contribution in [3.05, 3.63) is 30.0 Å². The van der Waals surface area contributed by atoms with Crippen molar-refractivity contribution in [2.45, 2.75) is 25.8 Å². The highest BCUT2D eigenvalue weighted by Crippen LogP contribution is 2.32. The van der Waals surface area contributed by atoms with E-state index in [4.69, 9.17) is 0 Å². The Morgan fingerprint density at radius 1 is 1.24 bits per heavy atom. The number of pyridine rings is 1. The second-order valence-electron chi connectivity index (χ2n) is 6.06. The van der Waals surface area contributed by atoms with Crippen molar-refractivity contribution in [1.29, 1.82) is 0 Å². The molecule has 0 spiro atoms. The molecule has 2 heterocycles. The molecule has 1 aliphatic heterocycles. The van der Waals surface area contributed by atoms with Gasteiger partial charge in [0, 0.05) is 42.8 Å². The van der Waals surface area contributed by atoms with Crippen LogP contribution in [-0.4, -0.2) is 38.2 Å². The summed E-state index contributed by atoms with van der Waals surface area (Å²) in [5, 5.41) is 9.68. The van der Waals surface area contributed by atoms with Crippen LogP contribution in [0.2, 0.25) is 0 Å². The summed E-state index contributed by atoms with van der Waals surface area (Å²) in [5.41, 5.74) is 2.47. The standard InChI is InChI=1S/C17H24N4/c1-12-11-19-17(21(2)3)14-5-4-6-15(16(12)14)20-13-7-9-18-10-8-13/h4-6,11,13,18,20H,7-10H2,1-3H3. The minimum atomic E-state index is 0.562. The minimum Gasteiger partial charge on any atom is -0.382 e. The molecule has 21 heavy (non-hydrogen) atoms. The molecule has 0 radical (unpaired) electrons. The van der Waals surface area contributed by atoms with Crippen molar-refractivity contribution in [2.75, 3.05) is 37.4 Å². The zero-order valence-electron chi connectivity index (χ0n) is 13.1. The number of rotatable bonds is 3. The summed E-state index contributed by atoms with van der Waals surface area (Å²) in [5.74, 6) is 1.03. The lowest BCUT2D eigenvalue weighted by atomic mass is 10.0. The van der Waals surface area contributed by atoms with E-state index in [9.17, 15) is 0 Å². The molecule has 112 valence electrons. The zero-order valence-corrected chi connectivity index (χ0v) is 13.1. The third-order valence-electron chi connectivity index (χ3n) is 4.20. The highest BCUT2D eigenvalue weighted by Gasteiger charge is 2.15. The van der Waals surface area contributed by atoms with E-state index in [1.807, 2.05) is 20.3 Å². The highest BCUT2D eigenvalue weighted by atomic mass is 15.1. The van der Waals surface area contributed by atoms with Crippen LogP contribution in [0.4, 0.5) is 11.5 Å². The quantitative estimate of drug-likeness (QED) is 0.909. The lowest BCUT2D eigenvalue weighted by Gasteiger charge is -2.26. The van der Waals surface area contributed by atoms with Crippen LogP contribution in [0.5, 0.6) is 0 Å². The van der Waals surface area contributed by atoms with Crippen LogP contribution in [0.1, 0.15) is 18.4 Å². The van der Waals surface area contributed by atoms with E-state index in [1.54, 1.807) is 0 Å². The van der Waals surface area contributed by atoms with Crippen molar-refractivity contribution in [2.24, 2.45) is 0 Å². The molecule has 1 saturated heterocycles. The molecule has 1 aromatic heterocycles. The van der Waals surface area contributed by atoms with E-state index >= 15 is 0 Å². The maximum absolute atomic E-state index is 4.58. The normalized spacial score (nSPS) is 16.1. The topological polar surface area (TPSA) is 40.2 Å². The summed E-state index contributed by atoms with van der Waals surface area (Å²) in [6.45, 7) is 4.35. The number of nitrogens with zero attached hydrogens (tertiary/aromatic N) is 2. The number of hydrogen-bond donors (Lipinski definition) is 2. The van der Waals surface area contributed by atoms with Gasteiger partial charge in [-0.2, -0.15) is 0 Å². The Morgan fingerprint density at radius 2 is 2.00 bits per heavy atom. The first kappa shape index (κ1) is 14.1. The molecule has 0 atom stereocenters. The van der Waals surface area contributed by atoms with Crippen LogP contribution in [0.3, 0.4) is 0 Å². The Balaban J connectivity index is 2.04. The van der Waals surface area contributed by atoms with Crippen molar-refractivity contribution < 1.29 is 0 Å². The molecule has 0 saturated carbocycles. The number of aromatic nitrogens is 1. The number of nitrogens with one attached hydrogen (secondary N) is 2. The molecule has 1 aromatic carbocycles. The summed E-state index contributed by atoms with van der Waals surface area (Å²) in [6, 6.07) is 7.04. The number of anilines is 2. The molecule has 2 aromatic rings. The summed E-state index contributed by atoms with van der Waals surface area (Å²) in [7, 11) is 4.09. The molecule has 0 amide bonds. The number of piperidine rings is 1. The first-order valence-electron chi connectivity index (χ1n) is 7.69. The van der Waals surface area contributed by atoms with Crippen LogP contribution in [0.15, 0.2) is 24.4 Å². The first-order chi connectivity index (χ1) is 10.2. The summed E-state index contributed by atoms with van der Waals surface area (Å²) < 4.78 is 0. The van der Waals surface area contributed by atoms with Gasteiger partial charge in [-0.1, -0.05) is 12.1 Å². The van der Waals surface area contributed by atoms with Crippen LogP contribution in [-0.2, 0) is 0 Å². The monoisotopic (exact) mass is 284 g/mol. The van der Waals surface area contributed by atoms with Gasteiger partial charge in [0.05, 0.1) is 0 Å². The molecule has 1 aliphatic rings. The van der Waals surface area contributed by atoms with E-state index in [2.05, 4.69) is 45.6 Å². The van der Waals surface area contributed by atoms with Gasteiger partial charge in [0.2, 0.25) is 0 Å². The average Bonchev–Trinajstić information content (AvgIpc) is 2.48. The smallest absolute Gasteiger partial charge is 0.135 e. The Bertz CT molecular complexity index is 630. The van der Waals surface area contributed by atoms with Gasteiger partial charge in [-0.15, -0.1) is 0 Å². The fourth-order valence-electron chi connectivity index (χ4n) is 3.12. The average molecular weight is 284 g/mol. The predicted octanol–water partition coefficient (Wildman–Crippen LogP) is 2.77. The third kappa shape index (κ3) is 2.81. The van der Waals surface area contributed by atoms with Gasteiger partial charge in [-0.3, -0.25) is 0 Å². The zero-order chi connectivity index (χ0) is 14.8. The number of benzene rings is 1. The van der Waals surface area contributed by atoms with Crippen LogP contribution in [0.25, 0.3) is 10.8 Å². The Morgan fingerprint density at radius 3 is 2.71 bits per heavy atom. The predicted molar refractivity (Wildman–Crippen MR) is 90.3 cm³/mol. The molecular weight excluding hydrogens is 260 g/mol. The first-order valence-corrected chi connectivity index (χ1v) is 7.69. The van der Waals surface area contributed by atoms with Gasteiger partial charge < -0.3 is 15.5 Å². The second kappa shape index (κ2) is 5.90. The van der Waals surface area contributed by atoms with Gasteiger partial charge in [0.15, 0.2) is 0 Å².